The average Bonchev–Trinajstić information content (AvgIpc) is 2.31. The van der Waals surface area contributed by atoms with Crippen LogP contribution in [0.3, 0.4) is 0 Å². The zero-order valence-corrected chi connectivity index (χ0v) is 12.1. The predicted molar refractivity (Wildman–Crippen MR) is 44.7 cm³/mol. The normalized spacial score (nSPS) is 13.1. The van der Waals surface area contributed by atoms with Gasteiger partial charge in [-0.3, -0.25) is 0 Å². The van der Waals surface area contributed by atoms with Crippen molar-refractivity contribution >= 4 is 0 Å². The van der Waals surface area contributed by atoms with Crippen molar-refractivity contribution in [2.24, 2.45) is 0 Å². The van der Waals surface area contributed by atoms with E-state index in [1.807, 2.05) is 0 Å². The first-order valence-electron chi connectivity index (χ1n) is 4.11. The summed E-state index contributed by atoms with van der Waals surface area (Å²) >= 11 is 0. The summed E-state index contributed by atoms with van der Waals surface area (Å²) in [5.74, 6) is 0. The van der Waals surface area contributed by atoms with Gasteiger partial charge in [0.1, 0.15) is 0 Å². The van der Waals surface area contributed by atoms with Gasteiger partial charge in [-0.05, 0) is 0 Å². The molecule has 0 aliphatic heterocycles. The topological polar surface area (TPSA) is 0 Å². The Balaban J connectivity index is -0.000000333. The van der Waals surface area contributed by atoms with Crippen molar-refractivity contribution < 1.29 is 51.0 Å². The van der Waals surface area contributed by atoms with E-state index in [0.29, 0.717) is 0 Å². The summed E-state index contributed by atoms with van der Waals surface area (Å²) < 4.78 is 0. The molecule has 1 aliphatic rings. The molecule has 0 unspecified atom stereocenters. The van der Waals surface area contributed by atoms with Gasteiger partial charge in [0, 0.05) is 0 Å². The molecule has 0 saturated heterocycles. The summed E-state index contributed by atoms with van der Waals surface area (Å²) in [7, 11) is 0. The van der Waals surface area contributed by atoms with E-state index in [0.717, 1.165) is 6.42 Å². The van der Waals surface area contributed by atoms with Crippen molar-refractivity contribution in [1.29, 1.82) is 0 Å². The summed E-state index contributed by atoms with van der Waals surface area (Å²) in [6.07, 6.45) is 10.7. The zero-order chi connectivity index (χ0) is 7.40. The van der Waals surface area contributed by atoms with E-state index < -0.39 is 0 Å². The minimum atomic E-state index is 0. The SMILES string of the molecule is CCCCC1=[C-]C(C)=CC1.[Cl-].[Cl-].[Zr+3]. The fourth-order valence-electron chi connectivity index (χ4n) is 1.21. The summed E-state index contributed by atoms with van der Waals surface area (Å²) in [5, 5.41) is 0. The molecule has 0 aromatic heterocycles. The molecule has 0 spiro atoms. The van der Waals surface area contributed by atoms with Crippen LogP contribution in [0.1, 0.15) is 39.5 Å². The largest absolute Gasteiger partial charge is 3.00 e. The first-order valence-corrected chi connectivity index (χ1v) is 4.11. The van der Waals surface area contributed by atoms with Crippen LogP contribution in [0.25, 0.3) is 0 Å². The molecule has 1 radical (unpaired) electrons. The maximum absolute atomic E-state index is 3.37. The van der Waals surface area contributed by atoms with Gasteiger partial charge in [-0.15, -0.1) is 0 Å². The molecule has 0 atom stereocenters. The second-order valence-electron chi connectivity index (χ2n) is 2.92. The first kappa shape index (κ1) is 19.5. The van der Waals surface area contributed by atoms with Crippen molar-refractivity contribution in [3.05, 3.63) is 23.3 Å². The molecule has 3 heteroatoms. The molecule has 0 amide bonds. The Hall–Kier alpha value is 0.943. The van der Waals surface area contributed by atoms with Gasteiger partial charge >= 0.3 is 26.2 Å². The molecule has 1 rings (SSSR count). The molecule has 0 fully saturated rings. The van der Waals surface area contributed by atoms with Crippen LogP contribution in [-0.4, -0.2) is 0 Å². The fraction of sp³-hybridized carbons (Fsp3) is 0.600. The quantitative estimate of drug-likeness (QED) is 0.496. The van der Waals surface area contributed by atoms with E-state index in [2.05, 4.69) is 26.0 Å². The Morgan fingerprint density at radius 2 is 2.00 bits per heavy atom. The van der Waals surface area contributed by atoms with E-state index in [4.69, 9.17) is 0 Å². The van der Waals surface area contributed by atoms with Crippen LogP contribution in [0.2, 0.25) is 0 Å². The average molecular weight is 297 g/mol. The molecule has 0 nitrogen and oxygen atoms in total. The van der Waals surface area contributed by atoms with Crippen molar-refractivity contribution in [2.45, 2.75) is 39.5 Å². The van der Waals surface area contributed by atoms with Crippen molar-refractivity contribution in [1.82, 2.24) is 0 Å². The smallest absolute Gasteiger partial charge is 1.00 e. The van der Waals surface area contributed by atoms with Crippen molar-refractivity contribution in [3.63, 3.8) is 0 Å². The number of rotatable bonds is 3. The van der Waals surface area contributed by atoms with Gasteiger partial charge in [-0.25, -0.2) is 17.7 Å². The van der Waals surface area contributed by atoms with Crippen LogP contribution in [0.4, 0.5) is 0 Å². The van der Waals surface area contributed by atoms with Gasteiger partial charge in [0.05, 0.1) is 0 Å². The maximum Gasteiger partial charge on any atom is 3.00 e. The van der Waals surface area contributed by atoms with Crippen molar-refractivity contribution in [3.8, 4) is 0 Å². The van der Waals surface area contributed by atoms with Gasteiger partial charge in [0.25, 0.3) is 0 Å². The summed E-state index contributed by atoms with van der Waals surface area (Å²) in [6, 6.07) is 0. The zero-order valence-electron chi connectivity index (χ0n) is 8.16. The number of hydrogen-bond donors (Lipinski definition) is 0. The van der Waals surface area contributed by atoms with E-state index in [9.17, 15) is 0 Å². The van der Waals surface area contributed by atoms with E-state index in [-0.39, 0.29) is 51.0 Å². The standard InChI is InChI=1S/C10H15.2ClH.Zr/c1-3-4-5-10-7-6-9(2)8-10;;;/h6H,3-5,7H2,1-2H3;2*1H;/q-1;;;+3/p-2. The molecule has 1 aliphatic carbocycles. The van der Waals surface area contributed by atoms with E-state index >= 15 is 0 Å². The number of halogens is 2. The van der Waals surface area contributed by atoms with Gasteiger partial charge in [0.2, 0.25) is 0 Å². The van der Waals surface area contributed by atoms with Gasteiger partial charge < -0.3 is 24.8 Å². The van der Waals surface area contributed by atoms with Gasteiger partial charge in [-0.1, -0.05) is 39.5 Å². The third-order valence-corrected chi connectivity index (χ3v) is 1.86. The van der Waals surface area contributed by atoms with Crippen LogP contribution in [0.5, 0.6) is 0 Å². The van der Waals surface area contributed by atoms with Crippen LogP contribution >= 0.6 is 0 Å². The minimum absolute atomic E-state index is 0. The van der Waals surface area contributed by atoms with Crippen LogP contribution in [0.15, 0.2) is 17.2 Å². The second-order valence-corrected chi connectivity index (χ2v) is 2.92. The molecule has 0 heterocycles. The molecule has 0 N–H and O–H groups in total. The Bertz CT molecular complexity index is 174. The summed E-state index contributed by atoms with van der Waals surface area (Å²) in [6.45, 7) is 4.36. The molecule has 0 bridgehead atoms. The van der Waals surface area contributed by atoms with Crippen molar-refractivity contribution in [2.75, 3.05) is 0 Å². The number of hydrogen-bond acceptors (Lipinski definition) is 0. The van der Waals surface area contributed by atoms with E-state index in [1.165, 1.54) is 30.4 Å². The van der Waals surface area contributed by atoms with E-state index in [1.54, 1.807) is 0 Å². The Morgan fingerprint density at radius 3 is 2.38 bits per heavy atom. The van der Waals surface area contributed by atoms with Crippen LogP contribution in [-0.2, 0) is 26.2 Å². The predicted octanol–water partition coefficient (Wildman–Crippen LogP) is -2.74. The molecule has 73 valence electrons. The Kier molecular flexibility index (Phi) is 16.5. The molecule has 0 aromatic rings. The number of unbranched alkanes of at least 4 members (excludes halogenated alkanes) is 1. The number of allylic oxidation sites excluding steroid dienone is 4. The van der Waals surface area contributed by atoms with Crippen LogP contribution < -0.4 is 24.8 Å². The third-order valence-electron chi connectivity index (χ3n) is 1.86. The fourth-order valence-corrected chi connectivity index (χ4v) is 1.21. The summed E-state index contributed by atoms with van der Waals surface area (Å²) in [5.41, 5.74) is 2.82. The monoisotopic (exact) mass is 295 g/mol. The Labute approximate surface area is 113 Å². The van der Waals surface area contributed by atoms with Gasteiger partial charge in [0.15, 0.2) is 0 Å². The first-order chi connectivity index (χ1) is 4.83. The van der Waals surface area contributed by atoms with Gasteiger partial charge in [-0.2, -0.15) is 5.57 Å². The maximum atomic E-state index is 3.37. The molecule has 0 aromatic carbocycles. The molecule has 13 heavy (non-hydrogen) atoms. The molecular weight excluding hydrogens is 282 g/mol. The molecule has 0 saturated carbocycles. The molecular formula is C10H15Cl2Zr. The third kappa shape index (κ3) is 7.97. The van der Waals surface area contributed by atoms with Crippen LogP contribution in [0, 0.1) is 6.08 Å². The summed E-state index contributed by atoms with van der Waals surface area (Å²) in [4.78, 5) is 0. The second kappa shape index (κ2) is 11.0. The Morgan fingerprint density at radius 1 is 1.38 bits per heavy atom. The minimum Gasteiger partial charge on any atom is -1.00 e.